The molecule has 0 fully saturated rings. The summed E-state index contributed by atoms with van der Waals surface area (Å²) in [4.78, 5) is 0. The third-order valence-electron chi connectivity index (χ3n) is 1.65. The second-order valence-corrected chi connectivity index (χ2v) is 3.48. The van der Waals surface area contributed by atoms with Gasteiger partial charge in [-0.05, 0) is 32.4 Å². The zero-order chi connectivity index (χ0) is 8.32. The standard InChI is InChI=1S/C9H15NO/c1-9(2,11)5-8-10-6-3-4-7-10/h3-4,6-7,11H,5,8H2,1-2H3. The Morgan fingerprint density at radius 1 is 1.27 bits per heavy atom. The van der Waals surface area contributed by atoms with E-state index in [9.17, 15) is 5.11 Å². The molecule has 0 saturated carbocycles. The van der Waals surface area contributed by atoms with E-state index in [4.69, 9.17) is 0 Å². The first kappa shape index (κ1) is 8.34. The van der Waals surface area contributed by atoms with Gasteiger partial charge in [0.2, 0.25) is 0 Å². The van der Waals surface area contributed by atoms with Crippen LogP contribution in [0, 0.1) is 0 Å². The third kappa shape index (κ3) is 3.23. The first-order valence-corrected chi connectivity index (χ1v) is 3.91. The summed E-state index contributed by atoms with van der Waals surface area (Å²) < 4.78 is 2.07. The summed E-state index contributed by atoms with van der Waals surface area (Å²) in [5.74, 6) is 0. The molecule has 0 atom stereocenters. The highest BCUT2D eigenvalue weighted by atomic mass is 16.3. The minimum Gasteiger partial charge on any atom is -0.390 e. The van der Waals surface area contributed by atoms with Crippen LogP contribution in [0.15, 0.2) is 24.5 Å². The number of aliphatic hydroxyl groups is 1. The maximum Gasteiger partial charge on any atom is 0.0608 e. The number of hydrogen-bond acceptors (Lipinski definition) is 1. The van der Waals surface area contributed by atoms with E-state index in [1.54, 1.807) is 0 Å². The molecule has 0 saturated heterocycles. The summed E-state index contributed by atoms with van der Waals surface area (Å²) in [6.45, 7) is 4.55. The molecular weight excluding hydrogens is 138 g/mol. The van der Waals surface area contributed by atoms with E-state index in [2.05, 4.69) is 4.57 Å². The van der Waals surface area contributed by atoms with Gasteiger partial charge in [0.05, 0.1) is 5.60 Å². The summed E-state index contributed by atoms with van der Waals surface area (Å²) in [5.41, 5.74) is -0.551. The van der Waals surface area contributed by atoms with Crippen LogP contribution in [-0.4, -0.2) is 15.3 Å². The van der Waals surface area contributed by atoms with Crippen molar-refractivity contribution in [2.75, 3.05) is 0 Å². The smallest absolute Gasteiger partial charge is 0.0608 e. The van der Waals surface area contributed by atoms with Crippen LogP contribution in [0.1, 0.15) is 20.3 Å². The Morgan fingerprint density at radius 3 is 2.27 bits per heavy atom. The molecule has 1 aromatic heterocycles. The third-order valence-corrected chi connectivity index (χ3v) is 1.65. The fraction of sp³-hybridized carbons (Fsp3) is 0.556. The summed E-state index contributed by atoms with van der Waals surface area (Å²) in [5, 5.41) is 9.40. The lowest BCUT2D eigenvalue weighted by molar-refractivity contribution is 0.0662. The maximum atomic E-state index is 9.40. The largest absolute Gasteiger partial charge is 0.390 e. The van der Waals surface area contributed by atoms with Crippen LogP contribution in [0.2, 0.25) is 0 Å². The van der Waals surface area contributed by atoms with E-state index >= 15 is 0 Å². The minimum atomic E-state index is -0.551. The van der Waals surface area contributed by atoms with E-state index in [-0.39, 0.29) is 0 Å². The zero-order valence-electron chi connectivity index (χ0n) is 7.12. The number of nitrogens with zero attached hydrogens (tertiary/aromatic N) is 1. The number of aryl methyl sites for hydroxylation is 1. The van der Waals surface area contributed by atoms with Gasteiger partial charge in [0.15, 0.2) is 0 Å². The average molecular weight is 153 g/mol. The van der Waals surface area contributed by atoms with Gasteiger partial charge >= 0.3 is 0 Å². The van der Waals surface area contributed by atoms with Gasteiger partial charge in [-0.3, -0.25) is 0 Å². The molecule has 0 spiro atoms. The van der Waals surface area contributed by atoms with Crippen molar-refractivity contribution in [1.82, 2.24) is 4.57 Å². The van der Waals surface area contributed by atoms with Crippen LogP contribution < -0.4 is 0 Å². The molecule has 1 aromatic rings. The second-order valence-electron chi connectivity index (χ2n) is 3.48. The molecule has 0 amide bonds. The van der Waals surface area contributed by atoms with Gasteiger partial charge in [-0.15, -0.1) is 0 Å². The van der Waals surface area contributed by atoms with Crippen molar-refractivity contribution in [1.29, 1.82) is 0 Å². The zero-order valence-corrected chi connectivity index (χ0v) is 7.12. The van der Waals surface area contributed by atoms with Crippen molar-refractivity contribution in [2.24, 2.45) is 0 Å². The van der Waals surface area contributed by atoms with Crippen molar-refractivity contribution in [2.45, 2.75) is 32.4 Å². The Kier molecular flexibility index (Phi) is 2.35. The molecule has 0 aliphatic rings. The Hall–Kier alpha value is -0.760. The molecule has 0 unspecified atom stereocenters. The topological polar surface area (TPSA) is 25.2 Å². The summed E-state index contributed by atoms with van der Waals surface area (Å²) in [6.07, 6.45) is 4.80. The summed E-state index contributed by atoms with van der Waals surface area (Å²) in [7, 11) is 0. The van der Waals surface area contributed by atoms with Gasteiger partial charge < -0.3 is 9.67 Å². The lowest BCUT2D eigenvalue weighted by atomic mass is 10.1. The first-order chi connectivity index (χ1) is 5.08. The van der Waals surface area contributed by atoms with E-state index in [1.807, 2.05) is 38.4 Å². The second kappa shape index (κ2) is 3.09. The molecule has 0 bridgehead atoms. The Balaban J connectivity index is 2.35. The molecule has 2 heteroatoms. The van der Waals surface area contributed by atoms with Gasteiger partial charge in [-0.2, -0.15) is 0 Å². The number of rotatable bonds is 3. The highest BCUT2D eigenvalue weighted by molar-refractivity contribution is 4.90. The number of hydrogen-bond donors (Lipinski definition) is 1. The summed E-state index contributed by atoms with van der Waals surface area (Å²) >= 11 is 0. The SMILES string of the molecule is CC(C)(O)CCn1cccc1. The highest BCUT2D eigenvalue weighted by Gasteiger charge is 2.11. The van der Waals surface area contributed by atoms with Crippen LogP contribution in [0.4, 0.5) is 0 Å². The molecule has 0 aliphatic heterocycles. The maximum absolute atomic E-state index is 9.40. The lowest BCUT2D eigenvalue weighted by Gasteiger charge is -2.16. The molecule has 2 nitrogen and oxygen atoms in total. The molecule has 0 aromatic carbocycles. The van der Waals surface area contributed by atoms with Gasteiger partial charge in [0.1, 0.15) is 0 Å². The fourth-order valence-electron chi connectivity index (χ4n) is 0.922. The monoisotopic (exact) mass is 153 g/mol. The predicted octanol–water partition coefficient (Wildman–Crippen LogP) is 1.65. The van der Waals surface area contributed by atoms with Crippen LogP contribution in [-0.2, 0) is 6.54 Å². The van der Waals surface area contributed by atoms with Crippen molar-refractivity contribution in [3.63, 3.8) is 0 Å². The first-order valence-electron chi connectivity index (χ1n) is 3.91. The van der Waals surface area contributed by atoms with E-state index in [0.717, 1.165) is 13.0 Å². The van der Waals surface area contributed by atoms with Crippen molar-refractivity contribution in [3.05, 3.63) is 24.5 Å². The van der Waals surface area contributed by atoms with Crippen LogP contribution >= 0.6 is 0 Å². The van der Waals surface area contributed by atoms with Crippen molar-refractivity contribution < 1.29 is 5.11 Å². The molecule has 1 rings (SSSR count). The van der Waals surface area contributed by atoms with Crippen LogP contribution in [0.5, 0.6) is 0 Å². The van der Waals surface area contributed by atoms with Crippen molar-refractivity contribution >= 4 is 0 Å². The van der Waals surface area contributed by atoms with E-state index in [1.165, 1.54) is 0 Å². The Morgan fingerprint density at radius 2 is 1.82 bits per heavy atom. The normalized spacial score (nSPS) is 11.9. The molecule has 1 N–H and O–H groups in total. The van der Waals surface area contributed by atoms with Gasteiger partial charge in [-0.1, -0.05) is 0 Å². The van der Waals surface area contributed by atoms with Crippen molar-refractivity contribution in [3.8, 4) is 0 Å². The molecule has 11 heavy (non-hydrogen) atoms. The van der Waals surface area contributed by atoms with Gasteiger partial charge in [0, 0.05) is 18.9 Å². The van der Waals surface area contributed by atoms with Crippen LogP contribution in [0.25, 0.3) is 0 Å². The molecule has 0 radical (unpaired) electrons. The number of aromatic nitrogens is 1. The Bertz CT molecular complexity index is 196. The van der Waals surface area contributed by atoms with E-state index < -0.39 is 5.60 Å². The summed E-state index contributed by atoms with van der Waals surface area (Å²) in [6, 6.07) is 3.98. The molecule has 1 heterocycles. The van der Waals surface area contributed by atoms with Gasteiger partial charge in [0.25, 0.3) is 0 Å². The average Bonchev–Trinajstić information content (AvgIpc) is 2.32. The predicted molar refractivity (Wildman–Crippen MR) is 45.3 cm³/mol. The Labute approximate surface area is 67.5 Å². The highest BCUT2D eigenvalue weighted by Crippen LogP contribution is 2.08. The van der Waals surface area contributed by atoms with Gasteiger partial charge in [-0.25, -0.2) is 0 Å². The lowest BCUT2D eigenvalue weighted by Crippen LogP contribution is -2.20. The quantitative estimate of drug-likeness (QED) is 0.701. The van der Waals surface area contributed by atoms with Crippen LogP contribution in [0.3, 0.4) is 0 Å². The molecule has 0 aliphatic carbocycles. The van der Waals surface area contributed by atoms with E-state index in [0.29, 0.717) is 0 Å². The minimum absolute atomic E-state index is 0.551. The molecular formula is C9H15NO. The molecule has 62 valence electrons. The fourth-order valence-corrected chi connectivity index (χ4v) is 0.922.